The molecule has 1 aromatic heterocycles. The van der Waals surface area contributed by atoms with Crippen LogP contribution in [0.3, 0.4) is 0 Å². The van der Waals surface area contributed by atoms with E-state index in [0.717, 1.165) is 17.6 Å². The molecular formula is C16H17N3. The van der Waals surface area contributed by atoms with E-state index in [0.29, 0.717) is 0 Å². The number of hydrogen-bond acceptors (Lipinski definition) is 2. The van der Waals surface area contributed by atoms with Gasteiger partial charge in [0.25, 0.3) is 0 Å². The maximum absolute atomic E-state index is 4.28. The maximum atomic E-state index is 4.28. The second-order valence-electron chi connectivity index (χ2n) is 5.10. The Kier molecular flexibility index (Phi) is 2.82. The SMILES string of the molecule is Cc1cc2nnn(Cc3ccccc3C)c2cc1C. The molecule has 0 fully saturated rings. The minimum Gasteiger partial charge on any atom is -0.240 e. The van der Waals surface area contributed by atoms with Gasteiger partial charge < -0.3 is 0 Å². The molecule has 2 aromatic carbocycles. The lowest BCUT2D eigenvalue weighted by atomic mass is 10.1. The first kappa shape index (κ1) is 11.9. The Morgan fingerprint density at radius 1 is 0.947 bits per heavy atom. The molecule has 3 aromatic rings. The normalized spacial score (nSPS) is 11.1. The number of aryl methyl sites for hydroxylation is 3. The van der Waals surface area contributed by atoms with Gasteiger partial charge in [0.2, 0.25) is 0 Å². The average molecular weight is 251 g/mol. The highest BCUT2D eigenvalue weighted by atomic mass is 15.4. The quantitative estimate of drug-likeness (QED) is 0.699. The molecule has 0 aliphatic heterocycles. The summed E-state index contributed by atoms with van der Waals surface area (Å²) in [6.45, 7) is 7.13. The zero-order chi connectivity index (χ0) is 13.4. The minimum atomic E-state index is 0.770. The van der Waals surface area contributed by atoms with Crippen molar-refractivity contribution in [3.63, 3.8) is 0 Å². The molecule has 1 heterocycles. The molecule has 3 rings (SSSR count). The topological polar surface area (TPSA) is 30.7 Å². The van der Waals surface area contributed by atoms with E-state index in [1.165, 1.54) is 22.3 Å². The fourth-order valence-corrected chi connectivity index (χ4v) is 2.29. The number of nitrogens with zero attached hydrogens (tertiary/aromatic N) is 3. The minimum absolute atomic E-state index is 0.770. The van der Waals surface area contributed by atoms with Gasteiger partial charge in [0.1, 0.15) is 5.52 Å². The molecule has 0 aliphatic carbocycles. The molecule has 0 aliphatic rings. The van der Waals surface area contributed by atoms with Crippen molar-refractivity contribution in [1.82, 2.24) is 15.0 Å². The summed E-state index contributed by atoms with van der Waals surface area (Å²) in [5, 5.41) is 8.54. The Bertz CT molecular complexity index is 741. The highest BCUT2D eigenvalue weighted by Crippen LogP contribution is 2.18. The molecule has 0 atom stereocenters. The van der Waals surface area contributed by atoms with Crippen LogP contribution in [0, 0.1) is 20.8 Å². The van der Waals surface area contributed by atoms with Crippen molar-refractivity contribution in [2.75, 3.05) is 0 Å². The third-order valence-corrected chi connectivity index (χ3v) is 3.71. The molecule has 0 saturated heterocycles. The van der Waals surface area contributed by atoms with E-state index in [9.17, 15) is 0 Å². The van der Waals surface area contributed by atoms with Crippen LogP contribution < -0.4 is 0 Å². The summed E-state index contributed by atoms with van der Waals surface area (Å²) in [5.41, 5.74) is 7.18. The largest absolute Gasteiger partial charge is 0.240 e. The third-order valence-electron chi connectivity index (χ3n) is 3.71. The van der Waals surface area contributed by atoms with Crippen molar-refractivity contribution < 1.29 is 0 Å². The Morgan fingerprint density at radius 2 is 1.68 bits per heavy atom. The van der Waals surface area contributed by atoms with Crippen molar-refractivity contribution in [2.24, 2.45) is 0 Å². The molecule has 3 nitrogen and oxygen atoms in total. The third kappa shape index (κ3) is 2.12. The molecule has 0 unspecified atom stereocenters. The van der Waals surface area contributed by atoms with Crippen molar-refractivity contribution in [3.8, 4) is 0 Å². The molecule has 0 bridgehead atoms. The summed E-state index contributed by atoms with van der Waals surface area (Å²) < 4.78 is 1.98. The highest BCUT2D eigenvalue weighted by Gasteiger charge is 2.08. The highest BCUT2D eigenvalue weighted by molar-refractivity contribution is 5.76. The van der Waals surface area contributed by atoms with Crippen molar-refractivity contribution in [1.29, 1.82) is 0 Å². The Balaban J connectivity index is 2.07. The van der Waals surface area contributed by atoms with Gasteiger partial charge >= 0.3 is 0 Å². The van der Waals surface area contributed by atoms with Gasteiger partial charge in [-0.05, 0) is 55.2 Å². The molecule has 3 heteroatoms. The lowest BCUT2D eigenvalue weighted by Gasteiger charge is -2.07. The van der Waals surface area contributed by atoms with E-state index >= 15 is 0 Å². The van der Waals surface area contributed by atoms with E-state index in [2.05, 4.69) is 67.5 Å². The summed E-state index contributed by atoms with van der Waals surface area (Å²) in [4.78, 5) is 0. The standard InChI is InChI=1S/C16H17N3/c1-11-6-4-5-7-14(11)10-19-16-9-13(3)12(2)8-15(16)17-18-19/h4-9H,10H2,1-3H3. The number of benzene rings is 2. The zero-order valence-electron chi connectivity index (χ0n) is 11.5. The summed E-state index contributed by atoms with van der Waals surface area (Å²) >= 11 is 0. The van der Waals surface area contributed by atoms with Crippen LogP contribution in [0.25, 0.3) is 11.0 Å². The molecule has 0 saturated carbocycles. The lowest BCUT2D eigenvalue weighted by molar-refractivity contribution is 0.667. The summed E-state index contributed by atoms with van der Waals surface area (Å²) in [6.07, 6.45) is 0. The summed E-state index contributed by atoms with van der Waals surface area (Å²) in [6, 6.07) is 12.7. The molecule has 0 amide bonds. The monoisotopic (exact) mass is 251 g/mol. The van der Waals surface area contributed by atoms with Crippen LogP contribution in [0.1, 0.15) is 22.3 Å². The van der Waals surface area contributed by atoms with E-state index in [1.807, 2.05) is 4.68 Å². The second kappa shape index (κ2) is 4.50. The number of fused-ring (bicyclic) bond motifs is 1. The van der Waals surface area contributed by atoms with Crippen LogP contribution in [-0.2, 0) is 6.54 Å². The summed E-state index contributed by atoms with van der Waals surface area (Å²) in [5.74, 6) is 0. The first-order valence-corrected chi connectivity index (χ1v) is 6.50. The fourth-order valence-electron chi connectivity index (χ4n) is 2.29. The van der Waals surface area contributed by atoms with Gasteiger partial charge in [0, 0.05) is 0 Å². The molecule has 0 N–H and O–H groups in total. The fraction of sp³-hybridized carbons (Fsp3) is 0.250. The van der Waals surface area contributed by atoms with Crippen LogP contribution in [0.4, 0.5) is 0 Å². The van der Waals surface area contributed by atoms with Crippen LogP contribution >= 0.6 is 0 Å². The lowest BCUT2D eigenvalue weighted by Crippen LogP contribution is -2.03. The summed E-state index contributed by atoms with van der Waals surface area (Å²) in [7, 11) is 0. The molecular weight excluding hydrogens is 234 g/mol. The van der Waals surface area contributed by atoms with Gasteiger partial charge in [0.15, 0.2) is 0 Å². The van der Waals surface area contributed by atoms with Crippen molar-refractivity contribution >= 4 is 11.0 Å². The first-order chi connectivity index (χ1) is 9.15. The van der Waals surface area contributed by atoms with Gasteiger partial charge in [-0.2, -0.15) is 0 Å². The first-order valence-electron chi connectivity index (χ1n) is 6.50. The number of aromatic nitrogens is 3. The van der Waals surface area contributed by atoms with E-state index in [-0.39, 0.29) is 0 Å². The smallest absolute Gasteiger partial charge is 0.113 e. The Labute approximate surface area is 112 Å². The van der Waals surface area contributed by atoms with Gasteiger partial charge in [-0.3, -0.25) is 0 Å². The van der Waals surface area contributed by atoms with Crippen LogP contribution in [0.2, 0.25) is 0 Å². The second-order valence-corrected chi connectivity index (χ2v) is 5.10. The van der Waals surface area contributed by atoms with Gasteiger partial charge in [-0.25, -0.2) is 4.68 Å². The number of rotatable bonds is 2. The van der Waals surface area contributed by atoms with Crippen LogP contribution in [0.15, 0.2) is 36.4 Å². The van der Waals surface area contributed by atoms with Gasteiger partial charge in [-0.1, -0.05) is 29.5 Å². The van der Waals surface area contributed by atoms with Crippen molar-refractivity contribution in [2.45, 2.75) is 27.3 Å². The molecule has 0 radical (unpaired) electrons. The van der Waals surface area contributed by atoms with Crippen LogP contribution in [-0.4, -0.2) is 15.0 Å². The Hall–Kier alpha value is -2.16. The Morgan fingerprint density at radius 3 is 2.47 bits per heavy atom. The number of hydrogen-bond donors (Lipinski definition) is 0. The van der Waals surface area contributed by atoms with E-state index in [4.69, 9.17) is 0 Å². The van der Waals surface area contributed by atoms with Gasteiger partial charge in [-0.15, -0.1) is 5.10 Å². The zero-order valence-corrected chi connectivity index (χ0v) is 11.5. The molecule has 0 spiro atoms. The van der Waals surface area contributed by atoms with Gasteiger partial charge in [0.05, 0.1) is 12.1 Å². The van der Waals surface area contributed by atoms with E-state index in [1.54, 1.807) is 0 Å². The molecule has 96 valence electrons. The van der Waals surface area contributed by atoms with E-state index < -0.39 is 0 Å². The van der Waals surface area contributed by atoms with Crippen LogP contribution in [0.5, 0.6) is 0 Å². The predicted molar refractivity (Wildman–Crippen MR) is 77.3 cm³/mol. The average Bonchev–Trinajstić information content (AvgIpc) is 2.76. The van der Waals surface area contributed by atoms with Crippen molar-refractivity contribution in [3.05, 3.63) is 58.7 Å². The predicted octanol–water partition coefficient (Wildman–Crippen LogP) is 3.40. The maximum Gasteiger partial charge on any atom is 0.113 e. The molecule has 19 heavy (non-hydrogen) atoms.